The topological polar surface area (TPSA) is 91.0 Å². The first-order valence-corrected chi connectivity index (χ1v) is 12.3. The van der Waals surface area contributed by atoms with Gasteiger partial charge in [-0.1, -0.05) is 18.2 Å². The maximum absolute atomic E-state index is 13.1. The average Bonchev–Trinajstić information content (AvgIpc) is 2.92. The molecular formula is C29H26N2O6. The van der Waals surface area contributed by atoms with E-state index in [2.05, 4.69) is 0 Å². The molecule has 2 atom stereocenters. The van der Waals surface area contributed by atoms with Crippen molar-refractivity contribution in [2.45, 2.75) is 18.9 Å². The van der Waals surface area contributed by atoms with Crippen molar-refractivity contribution in [3.05, 3.63) is 93.2 Å². The van der Waals surface area contributed by atoms with Gasteiger partial charge in [0.15, 0.2) is 12.0 Å². The number of methoxy groups -OCH3 is 1. The van der Waals surface area contributed by atoms with Crippen molar-refractivity contribution in [3.8, 4) is 22.6 Å². The van der Waals surface area contributed by atoms with Gasteiger partial charge in [0.05, 0.1) is 18.1 Å². The summed E-state index contributed by atoms with van der Waals surface area (Å²) in [6.45, 7) is 1.71. The number of carbonyl (C=O) groups is 1. The molecule has 0 unspecified atom stereocenters. The Bertz CT molecular complexity index is 1600. The van der Waals surface area contributed by atoms with Crippen LogP contribution in [0.3, 0.4) is 0 Å². The van der Waals surface area contributed by atoms with E-state index in [1.165, 1.54) is 6.26 Å². The Hall–Kier alpha value is -4.33. The quantitative estimate of drug-likeness (QED) is 0.417. The smallest absolute Gasteiger partial charge is 0.260 e. The van der Waals surface area contributed by atoms with Crippen molar-refractivity contribution in [2.24, 2.45) is 5.92 Å². The van der Waals surface area contributed by atoms with E-state index in [9.17, 15) is 14.4 Å². The number of fused-ring (bicyclic) bond motifs is 5. The lowest BCUT2D eigenvalue weighted by molar-refractivity contribution is -0.136. The molecule has 37 heavy (non-hydrogen) atoms. The monoisotopic (exact) mass is 498 g/mol. The van der Waals surface area contributed by atoms with Crippen LogP contribution in [-0.2, 0) is 11.3 Å². The summed E-state index contributed by atoms with van der Waals surface area (Å²) in [6, 6.07) is 17.5. The minimum Gasteiger partial charge on any atom is -0.497 e. The van der Waals surface area contributed by atoms with Crippen molar-refractivity contribution in [1.82, 2.24) is 9.47 Å². The molecule has 0 radical (unpaired) electrons. The molecule has 0 spiro atoms. The fourth-order valence-electron chi connectivity index (χ4n) is 5.50. The van der Waals surface area contributed by atoms with Gasteiger partial charge in [-0.05, 0) is 48.2 Å². The van der Waals surface area contributed by atoms with Crippen LogP contribution in [0, 0.1) is 5.92 Å². The highest BCUT2D eigenvalue weighted by atomic mass is 16.5. The summed E-state index contributed by atoms with van der Waals surface area (Å²) in [7, 11) is 1.59. The maximum atomic E-state index is 13.1. The largest absolute Gasteiger partial charge is 0.497 e. The summed E-state index contributed by atoms with van der Waals surface area (Å²) >= 11 is 0. The Labute approximate surface area is 212 Å². The minimum atomic E-state index is -0.145. The molecule has 6 rings (SSSR count). The van der Waals surface area contributed by atoms with Crippen LogP contribution in [0.2, 0.25) is 0 Å². The first-order chi connectivity index (χ1) is 18.0. The van der Waals surface area contributed by atoms with E-state index >= 15 is 0 Å². The Balaban J connectivity index is 1.15. The molecule has 8 heteroatoms. The van der Waals surface area contributed by atoms with Crippen LogP contribution in [0.4, 0.5) is 0 Å². The van der Waals surface area contributed by atoms with E-state index in [-0.39, 0.29) is 35.3 Å². The van der Waals surface area contributed by atoms with Gasteiger partial charge in [-0.15, -0.1) is 0 Å². The second kappa shape index (κ2) is 9.28. The summed E-state index contributed by atoms with van der Waals surface area (Å²) in [6.07, 6.45) is 2.42. The lowest BCUT2D eigenvalue weighted by Gasteiger charge is -2.42. The van der Waals surface area contributed by atoms with Gasteiger partial charge in [0.1, 0.15) is 23.3 Å². The minimum absolute atomic E-state index is 0.0226. The number of piperidine rings is 1. The third-order valence-corrected chi connectivity index (χ3v) is 7.34. The molecular weight excluding hydrogens is 472 g/mol. The van der Waals surface area contributed by atoms with Crippen LogP contribution in [-0.4, -0.2) is 42.2 Å². The van der Waals surface area contributed by atoms with E-state index in [0.29, 0.717) is 47.7 Å². The molecule has 2 aliphatic heterocycles. The van der Waals surface area contributed by atoms with Gasteiger partial charge in [-0.2, -0.15) is 0 Å². The van der Waals surface area contributed by atoms with Crippen molar-refractivity contribution < 1.29 is 18.7 Å². The zero-order chi connectivity index (χ0) is 25.5. The number of aromatic nitrogens is 1. The molecule has 2 aliphatic rings. The van der Waals surface area contributed by atoms with Crippen LogP contribution in [0.5, 0.6) is 11.5 Å². The molecule has 2 bridgehead atoms. The highest BCUT2D eigenvalue weighted by Crippen LogP contribution is 2.35. The third-order valence-electron chi connectivity index (χ3n) is 7.34. The number of likely N-dealkylation sites (tertiary alicyclic amines) is 1. The average molecular weight is 499 g/mol. The van der Waals surface area contributed by atoms with Crippen LogP contribution < -0.4 is 20.5 Å². The van der Waals surface area contributed by atoms with Gasteiger partial charge >= 0.3 is 0 Å². The number of pyridine rings is 1. The molecule has 4 heterocycles. The Morgan fingerprint density at radius 1 is 1.00 bits per heavy atom. The molecule has 1 fully saturated rings. The highest BCUT2D eigenvalue weighted by molar-refractivity contribution is 5.83. The molecule has 0 saturated carbocycles. The molecule has 1 saturated heterocycles. The van der Waals surface area contributed by atoms with Crippen molar-refractivity contribution in [1.29, 1.82) is 0 Å². The number of rotatable bonds is 5. The van der Waals surface area contributed by atoms with Crippen LogP contribution in [0.25, 0.3) is 22.1 Å². The molecule has 2 aromatic heterocycles. The van der Waals surface area contributed by atoms with Crippen molar-refractivity contribution in [3.63, 3.8) is 0 Å². The van der Waals surface area contributed by atoms with Gasteiger partial charge in [0.2, 0.25) is 0 Å². The molecule has 1 amide bonds. The van der Waals surface area contributed by atoms with Crippen LogP contribution >= 0.6 is 0 Å². The molecule has 4 aromatic rings. The molecule has 0 N–H and O–H groups in total. The van der Waals surface area contributed by atoms with Gasteiger partial charge in [-0.3, -0.25) is 14.4 Å². The van der Waals surface area contributed by atoms with E-state index in [1.807, 2.05) is 27.7 Å². The lowest BCUT2D eigenvalue weighted by Crippen LogP contribution is -2.50. The first kappa shape index (κ1) is 23.1. The van der Waals surface area contributed by atoms with Gasteiger partial charge in [0.25, 0.3) is 11.5 Å². The Morgan fingerprint density at radius 2 is 1.81 bits per heavy atom. The summed E-state index contributed by atoms with van der Waals surface area (Å²) < 4.78 is 18.6. The van der Waals surface area contributed by atoms with Crippen LogP contribution in [0.15, 0.2) is 80.9 Å². The van der Waals surface area contributed by atoms with E-state index in [0.717, 1.165) is 17.7 Å². The summed E-state index contributed by atoms with van der Waals surface area (Å²) in [5.74, 6) is 1.47. The zero-order valence-electron chi connectivity index (χ0n) is 20.4. The number of carbonyl (C=O) groups excluding carboxylic acids is 1. The predicted octanol–water partition coefficient (Wildman–Crippen LogP) is 3.66. The number of benzene rings is 2. The predicted molar refractivity (Wildman–Crippen MR) is 138 cm³/mol. The fraction of sp³-hybridized carbons (Fsp3) is 0.276. The lowest BCUT2D eigenvalue weighted by atomic mass is 9.83. The fourth-order valence-corrected chi connectivity index (χ4v) is 5.50. The normalized spacial score (nSPS) is 18.4. The first-order valence-electron chi connectivity index (χ1n) is 12.3. The molecule has 188 valence electrons. The zero-order valence-corrected chi connectivity index (χ0v) is 20.4. The Kier molecular flexibility index (Phi) is 5.79. The van der Waals surface area contributed by atoms with Crippen LogP contribution in [0.1, 0.15) is 18.0 Å². The van der Waals surface area contributed by atoms with Crippen molar-refractivity contribution >= 4 is 16.9 Å². The summed E-state index contributed by atoms with van der Waals surface area (Å²) in [4.78, 5) is 40.1. The second-order valence-corrected chi connectivity index (χ2v) is 9.65. The molecule has 8 nitrogen and oxygen atoms in total. The number of hydrogen-bond acceptors (Lipinski definition) is 6. The molecule has 2 aromatic carbocycles. The van der Waals surface area contributed by atoms with E-state index < -0.39 is 0 Å². The third kappa shape index (κ3) is 4.28. The number of nitrogens with zero attached hydrogens (tertiary/aromatic N) is 2. The van der Waals surface area contributed by atoms with E-state index in [4.69, 9.17) is 13.9 Å². The van der Waals surface area contributed by atoms with Gasteiger partial charge < -0.3 is 23.4 Å². The van der Waals surface area contributed by atoms with E-state index in [1.54, 1.807) is 49.6 Å². The standard InChI is InChI=1S/C29H26N2O6/c1-35-21-7-5-19(6-8-21)24-16-37-26-12-22(9-10-23(26)29(24)34)36-17-28(33)30-13-18-11-20(15-30)25-3-2-4-27(32)31(25)14-18/h2-10,12,16,18,20H,11,13-15,17H2,1H3/t18-,20-/m0/s1. The summed E-state index contributed by atoms with van der Waals surface area (Å²) in [5, 5.41) is 0.435. The van der Waals surface area contributed by atoms with Gasteiger partial charge in [-0.25, -0.2) is 0 Å². The Morgan fingerprint density at radius 3 is 2.62 bits per heavy atom. The number of ether oxygens (including phenoxy) is 2. The second-order valence-electron chi connectivity index (χ2n) is 9.65. The highest BCUT2D eigenvalue weighted by Gasteiger charge is 2.36. The SMILES string of the molecule is COc1ccc(-c2coc3cc(OCC(=O)N4C[C@@H]5C[C@@H](C4)c4cccc(=O)n4C5)ccc3c2=O)cc1. The summed E-state index contributed by atoms with van der Waals surface area (Å²) in [5.41, 5.74) is 2.46. The number of hydrogen-bond donors (Lipinski definition) is 0. The van der Waals surface area contributed by atoms with Crippen molar-refractivity contribution in [2.75, 3.05) is 26.8 Å². The maximum Gasteiger partial charge on any atom is 0.260 e. The molecule has 0 aliphatic carbocycles. The number of amides is 1. The van der Waals surface area contributed by atoms with Gasteiger partial charge in [0, 0.05) is 43.4 Å².